The first-order valence-electron chi connectivity index (χ1n) is 8.02. The number of hydrogen-bond acceptors (Lipinski definition) is 5. The van der Waals surface area contributed by atoms with Gasteiger partial charge in [0.05, 0.1) is 28.9 Å². The second kappa shape index (κ2) is 8.17. The third-order valence-electron chi connectivity index (χ3n) is 3.69. The van der Waals surface area contributed by atoms with Gasteiger partial charge < -0.3 is 11.1 Å². The maximum Gasteiger partial charge on any atom is 0.266 e. The first kappa shape index (κ1) is 19.5. The second-order valence-electron chi connectivity index (χ2n) is 5.68. The fourth-order valence-electron chi connectivity index (χ4n) is 2.45. The molecule has 0 spiro atoms. The number of hydrogen-bond donors (Lipinski definition) is 2. The number of nitrogens with two attached hydrogens (primary N) is 1. The summed E-state index contributed by atoms with van der Waals surface area (Å²) < 4.78 is 28.6. The maximum atomic E-state index is 14.3. The van der Waals surface area contributed by atoms with E-state index in [2.05, 4.69) is 10.3 Å². The van der Waals surface area contributed by atoms with Crippen molar-refractivity contribution in [1.82, 2.24) is 14.9 Å². The fraction of sp³-hybridized carbons (Fsp3) is 0.111. The number of benzene rings is 2. The van der Waals surface area contributed by atoms with E-state index < -0.39 is 29.0 Å². The van der Waals surface area contributed by atoms with E-state index in [0.717, 1.165) is 28.5 Å². The number of nitrogens with zero attached hydrogens (tertiary/aromatic N) is 2. The predicted octanol–water partition coefficient (Wildman–Crippen LogP) is 1.36. The summed E-state index contributed by atoms with van der Waals surface area (Å²) in [6, 6.07) is 9.28. The van der Waals surface area contributed by atoms with Crippen molar-refractivity contribution in [3.8, 4) is 5.69 Å². The van der Waals surface area contributed by atoms with Gasteiger partial charge in [-0.1, -0.05) is 23.9 Å². The number of fused-ring (bicyclic) bond motifs is 1. The number of amides is 2. The van der Waals surface area contributed by atoms with Gasteiger partial charge in [0.2, 0.25) is 11.8 Å². The van der Waals surface area contributed by atoms with Gasteiger partial charge in [-0.3, -0.25) is 19.0 Å². The molecule has 144 valence electrons. The average Bonchev–Trinajstić information content (AvgIpc) is 2.66. The number of thioether (sulfide) groups is 1. The molecule has 0 saturated heterocycles. The fourth-order valence-corrected chi connectivity index (χ4v) is 3.29. The summed E-state index contributed by atoms with van der Waals surface area (Å²) in [4.78, 5) is 39.9. The van der Waals surface area contributed by atoms with Crippen LogP contribution in [0.3, 0.4) is 0 Å². The van der Waals surface area contributed by atoms with E-state index in [0.29, 0.717) is 11.6 Å². The first-order valence-corrected chi connectivity index (χ1v) is 9.00. The van der Waals surface area contributed by atoms with Gasteiger partial charge in [0.25, 0.3) is 5.56 Å². The van der Waals surface area contributed by atoms with Gasteiger partial charge in [-0.15, -0.1) is 0 Å². The van der Waals surface area contributed by atoms with Crippen LogP contribution in [0.15, 0.2) is 52.4 Å². The molecule has 3 N–H and O–H groups in total. The lowest BCUT2D eigenvalue weighted by atomic mass is 10.2. The Balaban J connectivity index is 2.06. The predicted molar refractivity (Wildman–Crippen MR) is 100 cm³/mol. The van der Waals surface area contributed by atoms with Gasteiger partial charge in [-0.25, -0.2) is 13.8 Å². The number of para-hydroxylation sites is 1. The third kappa shape index (κ3) is 4.17. The Morgan fingerprint density at radius 3 is 2.64 bits per heavy atom. The van der Waals surface area contributed by atoms with Crippen LogP contribution in [0, 0.1) is 11.6 Å². The van der Waals surface area contributed by atoms with Crippen molar-refractivity contribution in [2.45, 2.75) is 5.16 Å². The summed E-state index contributed by atoms with van der Waals surface area (Å²) in [7, 11) is 0. The summed E-state index contributed by atoms with van der Waals surface area (Å²) in [5.41, 5.74) is 4.59. The number of halogens is 2. The van der Waals surface area contributed by atoms with Gasteiger partial charge in [0.15, 0.2) is 5.16 Å². The number of nitrogens with one attached hydrogen (secondary N) is 1. The van der Waals surface area contributed by atoms with Gasteiger partial charge in [-0.2, -0.15) is 0 Å². The van der Waals surface area contributed by atoms with Crippen molar-refractivity contribution in [2.75, 3.05) is 12.3 Å². The van der Waals surface area contributed by atoms with Crippen LogP contribution in [-0.4, -0.2) is 33.7 Å². The summed E-state index contributed by atoms with van der Waals surface area (Å²) in [6.07, 6.45) is 0. The summed E-state index contributed by atoms with van der Waals surface area (Å²) in [5.74, 6) is -3.15. The Morgan fingerprint density at radius 1 is 1.18 bits per heavy atom. The van der Waals surface area contributed by atoms with Crippen LogP contribution in [0.5, 0.6) is 0 Å². The van der Waals surface area contributed by atoms with Crippen LogP contribution in [0.4, 0.5) is 8.78 Å². The van der Waals surface area contributed by atoms with Crippen molar-refractivity contribution >= 4 is 34.5 Å². The highest BCUT2D eigenvalue weighted by Crippen LogP contribution is 2.23. The van der Waals surface area contributed by atoms with Crippen LogP contribution in [0.25, 0.3) is 16.6 Å². The van der Waals surface area contributed by atoms with Crippen molar-refractivity contribution < 1.29 is 18.4 Å². The van der Waals surface area contributed by atoms with Crippen molar-refractivity contribution in [2.24, 2.45) is 5.73 Å². The summed E-state index contributed by atoms with van der Waals surface area (Å²) in [6.45, 7) is -0.329. The van der Waals surface area contributed by atoms with E-state index in [1.54, 1.807) is 18.2 Å². The number of rotatable bonds is 6. The quantitative estimate of drug-likeness (QED) is 0.477. The van der Waals surface area contributed by atoms with E-state index in [9.17, 15) is 23.2 Å². The van der Waals surface area contributed by atoms with E-state index in [1.807, 2.05) is 0 Å². The van der Waals surface area contributed by atoms with E-state index >= 15 is 0 Å². The smallest absolute Gasteiger partial charge is 0.266 e. The second-order valence-corrected chi connectivity index (χ2v) is 6.62. The highest BCUT2D eigenvalue weighted by Gasteiger charge is 2.17. The SMILES string of the molecule is NC(=O)CNC(=O)CSc1nc2ccccc2c(=O)n1-c1ccc(F)cc1F. The molecule has 0 radical (unpaired) electrons. The lowest BCUT2D eigenvalue weighted by Crippen LogP contribution is -2.34. The molecule has 2 aromatic carbocycles. The normalized spacial score (nSPS) is 10.8. The van der Waals surface area contributed by atoms with E-state index in [1.165, 1.54) is 6.07 Å². The molecular formula is C18H14F2N4O3S. The molecule has 0 bridgehead atoms. The highest BCUT2D eigenvalue weighted by atomic mass is 32.2. The van der Waals surface area contributed by atoms with Crippen molar-refractivity contribution in [3.05, 3.63) is 64.5 Å². The van der Waals surface area contributed by atoms with Gasteiger partial charge in [-0.05, 0) is 24.3 Å². The average molecular weight is 404 g/mol. The van der Waals surface area contributed by atoms with Crippen LogP contribution in [-0.2, 0) is 9.59 Å². The molecule has 0 aliphatic heterocycles. The number of carbonyl (C=O) groups excluding carboxylic acids is 2. The Morgan fingerprint density at radius 2 is 1.93 bits per heavy atom. The minimum atomic E-state index is -0.945. The molecule has 28 heavy (non-hydrogen) atoms. The first-order chi connectivity index (χ1) is 13.4. The highest BCUT2D eigenvalue weighted by molar-refractivity contribution is 7.99. The van der Waals surface area contributed by atoms with Crippen molar-refractivity contribution in [1.29, 1.82) is 0 Å². The van der Waals surface area contributed by atoms with E-state index in [-0.39, 0.29) is 28.5 Å². The topological polar surface area (TPSA) is 107 Å². The monoisotopic (exact) mass is 404 g/mol. The lowest BCUT2D eigenvalue weighted by molar-refractivity contribution is -0.123. The third-order valence-corrected chi connectivity index (χ3v) is 4.63. The number of aromatic nitrogens is 2. The molecular weight excluding hydrogens is 390 g/mol. The zero-order valence-electron chi connectivity index (χ0n) is 14.3. The molecule has 1 aromatic heterocycles. The maximum absolute atomic E-state index is 14.3. The van der Waals surface area contributed by atoms with Gasteiger partial charge in [0.1, 0.15) is 11.6 Å². The van der Waals surface area contributed by atoms with Crippen LogP contribution in [0.2, 0.25) is 0 Å². The molecule has 0 saturated carbocycles. The van der Waals surface area contributed by atoms with E-state index in [4.69, 9.17) is 5.73 Å². The lowest BCUT2D eigenvalue weighted by Gasteiger charge is -2.14. The standard InChI is InChI=1S/C18H14F2N4O3S/c19-10-5-6-14(12(20)7-10)24-17(27)11-3-1-2-4-13(11)23-18(24)28-9-16(26)22-8-15(21)25/h1-7H,8-9H2,(H2,21,25)(H,22,26). The molecule has 2 amide bonds. The van der Waals surface area contributed by atoms with Crippen LogP contribution < -0.4 is 16.6 Å². The Kier molecular flexibility index (Phi) is 5.69. The minimum absolute atomic E-state index is 0.0448. The summed E-state index contributed by atoms with van der Waals surface area (Å²) >= 11 is 0.871. The van der Waals surface area contributed by atoms with Crippen LogP contribution in [0.1, 0.15) is 0 Å². The molecule has 3 aromatic rings. The molecule has 0 fully saturated rings. The molecule has 0 aliphatic carbocycles. The van der Waals surface area contributed by atoms with Gasteiger partial charge in [0, 0.05) is 6.07 Å². The summed E-state index contributed by atoms with van der Waals surface area (Å²) in [5, 5.41) is 2.60. The Bertz CT molecular complexity index is 1130. The number of carbonyl (C=O) groups is 2. The molecule has 7 nitrogen and oxygen atoms in total. The molecule has 0 atom stereocenters. The zero-order chi connectivity index (χ0) is 20.3. The Labute approximate surface area is 161 Å². The zero-order valence-corrected chi connectivity index (χ0v) is 15.1. The minimum Gasteiger partial charge on any atom is -0.368 e. The number of primary amides is 1. The van der Waals surface area contributed by atoms with Gasteiger partial charge >= 0.3 is 0 Å². The van der Waals surface area contributed by atoms with Crippen molar-refractivity contribution in [3.63, 3.8) is 0 Å². The molecule has 10 heteroatoms. The molecule has 3 rings (SSSR count). The molecule has 0 unspecified atom stereocenters. The van der Waals surface area contributed by atoms with Crippen LogP contribution >= 0.6 is 11.8 Å². The molecule has 1 heterocycles. The molecule has 0 aliphatic rings. The Hall–Kier alpha value is -3.27. The largest absolute Gasteiger partial charge is 0.368 e.